The summed E-state index contributed by atoms with van der Waals surface area (Å²) >= 11 is 0. The van der Waals surface area contributed by atoms with Gasteiger partial charge < -0.3 is 15.8 Å². The molecule has 20 heavy (non-hydrogen) atoms. The summed E-state index contributed by atoms with van der Waals surface area (Å²) in [6.07, 6.45) is 0. The minimum absolute atomic E-state index is 0.449. The summed E-state index contributed by atoms with van der Waals surface area (Å²) in [6.45, 7) is 3.97. The molecule has 104 valence electrons. The number of methoxy groups -OCH3 is 1. The Labute approximate surface area is 118 Å². The van der Waals surface area contributed by atoms with E-state index < -0.39 is 5.91 Å². The number of amides is 1. The molecule has 0 aliphatic heterocycles. The van der Waals surface area contributed by atoms with Crippen LogP contribution in [-0.4, -0.2) is 13.0 Å². The largest absolute Gasteiger partial charge is 0.496 e. The number of hydrogen-bond donors (Lipinski definition) is 2. The summed E-state index contributed by atoms with van der Waals surface area (Å²) < 4.78 is 5.34. The molecule has 0 saturated carbocycles. The SMILES string of the molecule is COc1c(C)cc(Nc2ccccc2C(N)=O)cc1C. The highest BCUT2D eigenvalue weighted by molar-refractivity contribution is 5.99. The summed E-state index contributed by atoms with van der Waals surface area (Å²) in [5.74, 6) is 0.425. The normalized spacial score (nSPS) is 10.2. The van der Waals surface area contributed by atoms with Crippen LogP contribution in [0.4, 0.5) is 11.4 Å². The number of para-hydroxylation sites is 1. The Kier molecular flexibility index (Phi) is 3.94. The van der Waals surface area contributed by atoms with Crippen molar-refractivity contribution in [3.63, 3.8) is 0 Å². The standard InChI is InChI=1S/C16H18N2O2/c1-10-8-12(9-11(2)15(10)20-3)18-14-7-5-4-6-13(14)16(17)19/h4-9,18H,1-3H3,(H2,17,19). The molecular formula is C16H18N2O2. The fourth-order valence-electron chi connectivity index (χ4n) is 2.31. The Balaban J connectivity index is 2.38. The first-order valence-corrected chi connectivity index (χ1v) is 6.34. The topological polar surface area (TPSA) is 64.3 Å². The highest BCUT2D eigenvalue weighted by atomic mass is 16.5. The molecule has 0 bridgehead atoms. The van der Waals surface area contributed by atoms with E-state index in [0.29, 0.717) is 11.3 Å². The molecule has 0 aromatic heterocycles. The van der Waals surface area contributed by atoms with Gasteiger partial charge in [0.05, 0.1) is 18.4 Å². The lowest BCUT2D eigenvalue weighted by Gasteiger charge is -2.14. The molecule has 0 unspecified atom stereocenters. The summed E-state index contributed by atoms with van der Waals surface area (Å²) in [6, 6.07) is 11.1. The van der Waals surface area contributed by atoms with Gasteiger partial charge in [0.1, 0.15) is 5.75 Å². The maximum absolute atomic E-state index is 11.4. The van der Waals surface area contributed by atoms with Gasteiger partial charge in [0.15, 0.2) is 0 Å². The van der Waals surface area contributed by atoms with Crippen LogP contribution in [-0.2, 0) is 0 Å². The van der Waals surface area contributed by atoms with Gasteiger partial charge in [-0.05, 0) is 49.2 Å². The molecule has 1 amide bonds. The van der Waals surface area contributed by atoms with Gasteiger partial charge >= 0.3 is 0 Å². The van der Waals surface area contributed by atoms with Crippen molar-refractivity contribution in [3.05, 3.63) is 53.1 Å². The molecule has 3 N–H and O–H groups in total. The minimum Gasteiger partial charge on any atom is -0.496 e. The average Bonchev–Trinajstić information content (AvgIpc) is 2.38. The number of rotatable bonds is 4. The van der Waals surface area contributed by atoms with E-state index in [2.05, 4.69) is 5.32 Å². The highest BCUT2D eigenvalue weighted by Gasteiger charge is 2.09. The van der Waals surface area contributed by atoms with Crippen molar-refractivity contribution in [1.29, 1.82) is 0 Å². The Hall–Kier alpha value is -2.49. The van der Waals surface area contributed by atoms with E-state index in [1.54, 1.807) is 19.2 Å². The van der Waals surface area contributed by atoms with Crippen LogP contribution >= 0.6 is 0 Å². The molecule has 0 aliphatic rings. The van der Waals surface area contributed by atoms with Gasteiger partial charge in [0, 0.05) is 5.69 Å². The van der Waals surface area contributed by atoms with E-state index >= 15 is 0 Å². The van der Waals surface area contributed by atoms with E-state index in [0.717, 1.165) is 22.6 Å². The Morgan fingerprint density at radius 3 is 2.30 bits per heavy atom. The van der Waals surface area contributed by atoms with E-state index in [9.17, 15) is 4.79 Å². The molecule has 2 rings (SSSR count). The van der Waals surface area contributed by atoms with Gasteiger partial charge in [0.2, 0.25) is 0 Å². The molecule has 0 saturated heterocycles. The predicted molar refractivity (Wildman–Crippen MR) is 80.7 cm³/mol. The first-order valence-electron chi connectivity index (χ1n) is 6.34. The van der Waals surface area contributed by atoms with Gasteiger partial charge in [0.25, 0.3) is 5.91 Å². The van der Waals surface area contributed by atoms with Crippen LogP contribution in [0.5, 0.6) is 5.75 Å². The smallest absolute Gasteiger partial charge is 0.250 e. The quantitative estimate of drug-likeness (QED) is 0.897. The number of primary amides is 1. The second-order valence-corrected chi connectivity index (χ2v) is 4.68. The van der Waals surface area contributed by atoms with Crippen LogP contribution < -0.4 is 15.8 Å². The predicted octanol–water partition coefficient (Wildman–Crippen LogP) is 3.15. The zero-order valence-electron chi connectivity index (χ0n) is 11.9. The molecular weight excluding hydrogens is 252 g/mol. The first kappa shape index (κ1) is 13.9. The molecule has 2 aromatic rings. The van der Waals surface area contributed by atoms with E-state index in [4.69, 9.17) is 10.5 Å². The Morgan fingerprint density at radius 1 is 1.15 bits per heavy atom. The number of carbonyl (C=O) groups is 1. The molecule has 0 spiro atoms. The zero-order chi connectivity index (χ0) is 14.7. The van der Waals surface area contributed by atoms with Crippen LogP contribution in [0.1, 0.15) is 21.5 Å². The summed E-state index contributed by atoms with van der Waals surface area (Å²) in [4.78, 5) is 11.4. The minimum atomic E-state index is -0.449. The fourth-order valence-corrected chi connectivity index (χ4v) is 2.31. The molecule has 0 atom stereocenters. The van der Waals surface area contributed by atoms with Gasteiger partial charge in [-0.3, -0.25) is 4.79 Å². The molecule has 4 nitrogen and oxygen atoms in total. The van der Waals surface area contributed by atoms with E-state index in [1.165, 1.54) is 0 Å². The number of aryl methyl sites for hydroxylation is 2. The summed E-state index contributed by atoms with van der Waals surface area (Å²) in [5.41, 5.74) is 9.51. The van der Waals surface area contributed by atoms with Crippen LogP contribution in [0, 0.1) is 13.8 Å². The number of hydrogen-bond acceptors (Lipinski definition) is 3. The van der Waals surface area contributed by atoms with Crippen LogP contribution in [0.2, 0.25) is 0 Å². The lowest BCUT2D eigenvalue weighted by atomic mass is 10.1. The molecule has 0 fully saturated rings. The van der Waals surface area contributed by atoms with Gasteiger partial charge in [-0.2, -0.15) is 0 Å². The third-order valence-corrected chi connectivity index (χ3v) is 3.14. The number of anilines is 2. The third-order valence-electron chi connectivity index (χ3n) is 3.14. The number of ether oxygens (including phenoxy) is 1. The number of nitrogens with two attached hydrogens (primary N) is 1. The van der Waals surface area contributed by atoms with E-state index in [1.807, 2.05) is 38.1 Å². The maximum Gasteiger partial charge on any atom is 0.250 e. The molecule has 4 heteroatoms. The number of carbonyl (C=O) groups excluding carboxylic acids is 1. The fraction of sp³-hybridized carbons (Fsp3) is 0.188. The summed E-state index contributed by atoms with van der Waals surface area (Å²) in [5, 5.41) is 3.23. The van der Waals surface area contributed by atoms with Crippen LogP contribution in [0.25, 0.3) is 0 Å². The second-order valence-electron chi connectivity index (χ2n) is 4.68. The Bertz CT molecular complexity index is 628. The molecule has 0 heterocycles. The van der Waals surface area contributed by atoms with Crippen LogP contribution in [0.3, 0.4) is 0 Å². The van der Waals surface area contributed by atoms with Crippen molar-refractivity contribution < 1.29 is 9.53 Å². The van der Waals surface area contributed by atoms with Gasteiger partial charge in [-0.25, -0.2) is 0 Å². The van der Waals surface area contributed by atoms with Crippen molar-refractivity contribution in [2.24, 2.45) is 5.73 Å². The molecule has 2 aromatic carbocycles. The summed E-state index contributed by atoms with van der Waals surface area (Å²) in [7, 11) is 1.66. The highest BCUT2D eigenvalue weighted by Crippen LogP contribution is 2.29. The molecule has 0 aliphatic carbocycles. The van der Waals surface area contributed by atoms with Crippen molar-refractivity contribution >= 4 is 17.3 Å². The number of nitrogens with one attached hydrogen (secondary N) is 1. The van der Waals surface area contributed by atoms with E-state index in [-0.39, 0.29) is 0 Å². The number of benzene rings is 2. The first-order chi connectivity index (χ1) is 9.52. The van der Waals surface area contributed by atoms with Crippen molar-refractivity contribution in [2.75, 3.05) is 12.4 Å². The average molecular weight is 270 g/mol. The molecule has 0 radical (unpaired) electrons. The maximum atomic E-state index is 11.4. The van der Waals surface area contributed by atoms with Crippen molar-refractivity contribution in [3.8, 4) is 5.75 Å². The third kappa shape index (κ3) is 2.74. The van der Waals surface area contributed by atoms with Crippen molar-refractivity contribution in [1.82, 2.24) is 0 Å². The lowest BCUT2D eigenvalue weighted by molar-refractivity contribution is 0.100. The monoisotopic (exact) mass is 270 g/mol. The van der Waals surface area contributed by atoms with Gasteiger partial charge in [-0.1, -0.05) is 12.1 Å². The second kappa shape index (κ2) is 5.65. The van der Waals surface area contributed by atoms with Crippen molar-refractivity contribution in [2.45, 2.75) is 13.8 Å². The van der Waals surface area contributed by atoms with Gasteiger partial charge in [-0.15, -0.1) is 0 Å². The zero-order valence-corrected chi connectivity index (χ0v) is 11.9. The van der Waals surface area contributed by atoms with Crippen LogP contribution in [0.15, 0.2) is 36.4 Å². The Morgan fingerprint density at radius 2 is 1.75 bits per heavy atom. The lowest BCUT2D eigenvalue weighted by Crippen LogP contribution is -2.13.